The van der Waals surface area contributed by atoms with Crippen molar-refractivity contribution in [3.8, 4) is 19.5 Å². The normalized spacial score (nSPS) is 12.7. The van der Waals surface area contributed by atoms with Crippen molar-refractivity contribution in [1.29, 1.82) is 0 Å². The van der Waals surface area contributed by atoms with Gasteiger partial charge in [-0.2, -0.15) is 13.2 Å². The zero-order chi connectivity index (χ0) is 26.7. The molecule has 0 spiro atoms. The number of hydrogen-bond acceptors (Lipinski definition) is 5. The Kier molecular flexibility index (Phi) is 12.2. The van der Waals surface area contributed by atoms with Gasteiger partial charge in [0.05, 0.1) is 0 Å². The van der Waals surface area contributed by atoms with Crippen molar-refractivity contribution >= 4 is 40.0 Å². The highest BCUT2D eigenvalue weighted by Gasteiger charge is 2.42. The third-order valence-electron chi connectivity index (χ3n) is 6.27. The topological polar surface area (TPSA) is 26.3 Å². The van der Waals surface area contributed by atoms with E-state index in [9.17, 15) is 18.0 Å². The summed E-state index contributed by atoms with van der Waals surface area (Å²) in [6.07, 6.45) is 4.95. The highest BCUT2D eigenvalue weighted by Crippen LogP contribution is 2.40. The van der Waals surface area contributed by atoms with Crippen LogP contribution in [0.2, 0.25) is 0 Å². The molecular weight excluding hydrogens is 534 g/mol. The minimum absolute atomic E-state index is 0.191. The number of rotatable bonds is 16. The van der Waals surface area contributed by atoms with Crippen LogP contribution in [-0.2, 0) is 11.2 Å². The highest BCUT2D eigenvalue weighted by atomic mass is 32.1. The predicted molar refractivity (Wildman–Crippen MR) is 152 cm³/mol. The molecule has 3 aromatic rings. The maximum absolute atomic E-state index is 13.4. The number of hydrogen-bond donors (Lipinski definition) is 0. The van der Waals surface area contributed by atoms with Gasteiger partial charge >= 0.3 is 12.1 Å². The van der Waals surface area contributed by atoms with E-state index in [1.54, 1.807) is 23.5 Å². The first kappa shape index (κ1) is 29.9. The summed E-state index contributed by atoms with van der Waals surface area (Å²) in [5.41, 5.74) is 0. The van der Waals surface area contributed by atoms with Crippen LogP contribution < -0.4 is 0 Å². The lowest BCUT2D eigenvalue weighted by molar-refractivity contribution is -0.206. The van der Waals surface area contributed by atoms with E-state index in [1.165, 1.54) is 59.6 Å². The van der Waals surface area contributed by atoms with Gasteiger partial charge in [-0.05, 0) is 62.1 Å². The molecule has 0 aromatic carbocycles. The fourth-order valence-corrected chi connectivity index (χ4v) is 7.27. The Labute approximate surface area is 230 Å². The molecule has 0 amide bonds. The Morgan fingerprint density at radius 1 is 0.730 bits per heavy atom. The first-order valence-electron chi connectivity index (χ1n) is 13.4. The van der Waals surface area contributed by atoms with Crippen LogP contribution >= 0.6 is 34.0 Å². The summed E-state index contributed by atoms with van der Waals surface area (Å²) in [7, 11) is 0. The molecule has 3 aromatic heterocycles. The highest BCUT2D eigenvalue weighted by molar-refractivity contribution is 7.26. The molecule has 0 radical (unpaired) electrons. The number of alkyl halides is 3. The summed E-state index contributed by atoms with van der Waals surface area (Å²) in [6.45, 7) is 4.24. The molecule has 3 rings (SSSR count). The van der Waals surface area contributed by atoms with Crippen molar-refractivity contribution in [2.45, 2.75) is 103 Å². The fourth-order valence-electron chi connectivity index (χ4n) is 4.14. The Bertz CT molecular complexity index is 1080. The Morgan fingerprint density at radius 2 is 1.27 bits per heavy atom. The van der Waals surface area contributed by atoms with E-state index in [1.807, 2.05) is 24.3 Å². The third kappa shape index (κ3) is 9.56. The van der Waals surface area contributed by atoms with Crippen LogP contribution in [-0.4, -0.2) is 18.2 Å². The molecule has 0 saturated carbocycles. The van der Waals surface area contributed by atoms with Crippen molar-refractivity contribution in [2.24, 2.45) is 0 Å². The minimum Gasteiger partial charge on any atom is -0.449 e. The predicted octanol–water partition coefficient (Wildman–Crippen LogP) is 11.2. The van der Waals surface area contributed by atoms with Crippen LogP contribution in [0.15, 0.2) is 36.4 Å². The quantitative estimate of drug-likeness (QED) is 0.126. The molecule has 0 aliphatic rings. The molecular formula is C29H37F3O2S3. The van der Waals surface area contributed by atoms with E-state index in [0.29, 0.717) is 12.8 Å². The molecule has 0 aliphatic carbocycles. The summed E-state index contributed by atoms with van der Waals surface area (Å²) in [6, 6.07) is 11.8. The van der Waals surface area contributed by atoms with E-state index in [4.69, 9.17) is 4.74 Å². The number of esters is 1. The molecule has 0 aliphatic heterocycles. The van der Waals surface area contributed by atoms with Crippen LogP contribution in [0.1, 0.15) is 99.0 Å². The molecule has 37 heavy (non-hydrogen) atoms. The van der Waals surface area contributed by atoms with Crippen LogP contribution in [0.25, 0.3) is 19.5 Å². The lowest BCUT2D eigenvalue weighted by Gasteiger charge is -2.20. The van der Waals surface area contributed by atoms with Gasteiger partial charge in [-0.15, -0.1) is 34.0 Å². The number of aryl methyl sites for hydroxylation is 1. The second kappa shape index (κ2) is 15.1. The van der Waals surface area contributed by atoms with Gasteiger partial charge in [0.15, 0.2) is 6.10 Å². The van der Waals surface area contributed by atoms with E-state index in [-0.39, 0.29) is 11.3 Å². The second-order valence-corrected chi connectivity index (χ2v) is 12.7. The maximum atomic E-state index is 13.4. The zero-order valence-corrected chi connectivity index (χ0v) is 24.2. The molecule has 204 valence electrons. The maximum Gasteiger partial charge on any atom is 0.425 e. The van der Waals surface area contributed by atoms with E-state index in [2.05, 4.69) is 25.1 Å². The first-order chi connectivity index (χ1) is 17.8. The van der Waals surface area contributed by atoms with E-state index < -0.39 is 18.2 Å². The molecule has 0 bridgehead atoms. The SMILES string of the molecule is CCCCCCCCc1ccc(-c2ccc(-c3ccc(C(=O)O[C@H](CCCCCC)C(F)(F)F)s3)s2)s1. The molecule has 0 fully saturated rings. The number of halogens is 3. The van der Waals surface area contributed by atoms with Crippen molar-refractivity contribution in [3.05, 3.63) is 46.2 Å². The molecule has 2 nitrogen and oxygen atoms in total. The monoisotopic (exact) mass is 570 g/mol. The van der Waals surface area contributed by atoms with Gasteiger partial charge in [-0.25, -0.2) is 4.79 Å². The number of thiophene rings is 3. The van der Waals surface area contributed by atoms with E-state index >= 15 is 0 Å². The molecule has 0 saturated heterocycles. The second-order valence-electron chi connectivity index (χ2n) is 9.40. The number of carbonyl (C=O) groups excluding carboxylic acids is 1. The van der Waals surface area contributed by atoms with Crippen molar-refractivity contribution < 1.29 is 22.7 Å². The number of ether oxygens (including phenoxy) is 1. The van der Waals surface area contributed by atoms with Gasteiger partial charge in [-0.3, -0.25) is 0 Å². The van der Waals surface area contributed by atoms with Crippen molar-refractivity contribution in [2.75, 3.05) is 0 Å². The van der Waals surface area contributed by atoms with Crippen molar-refractivity contribution in [3.63, 3.8) is 0 Å². The third-order valence-corrected chi connectivity index (χ3v) is 9.96. The van der Waals surface area contributed by atoms with Crippen LogP contribution in [0, 0.1) is 0 Å². The van der Waals surface area contributed by atoms with Gasteiger partial charge in [-0.1, -0.05) is 65.2 Å². The lowest BCUT2D eigenvalue weighted by Crippen LogP contribution is -2.33. The number of unbranched alkanes of at least 4 members (excludes halogenated alkanes) is 8. The summed E-state index contributed by atoms with van der Waals surface area (Å²) < 4.78 is 45.1. The van der Waals surface area contributed by atoms with Gasteiger partial charge in [0.25, 0.3) is 0 Å². The molecule has 1 atom stereocenters. The first-order valence-corrected chi connectivity index (χ1v) is 15.8. The zero-order valence-electron chi connectivity index (χ0n) is 21.7. The fraction of sp³-hybridized carbons (Fsp3) is 0.552. The Balaban J connectivity index is 1.56. The summed E-state index contributed by atoms with van der Waals surface area (Å²) in [5.74, 6) is -0.900. The minimum atomic E-state index is -4.56. The molecule has 0 N–H and O–H groups in total. The summed E-state index contributed by atoms with van der Waals surface area (Å²) in [5, 5.41) is 0. The largest absolute Gasteiger partial charge is 0.449 e. The van der Waals surface area contributed by atoms with Crippen LogP contribution in [0.5, 0.6) is 0 Å². The Hall–Kier alpha value is -1.64. The smallest absolute Gasteiger partial charge is 0.425 e. The standard InChI is InChI=1S/C29H37F3O2S3/c1-3-5-7-9-10-11-13-21-15-16-22(35-21)23-17-18-24(36-23)25-19-20-26(37-25)28(33)34-27(29(30,31)32)14-12-8-6-4-2/h15-20,27H,3-14H2,1-2H3/t27-/m1/s1. The van der Waals surface area contributed by atoms with Gasteiger partial charge in [0, 0.05) is 24.4 Å². The Morgan fingerprint density at radius 3 is 1.95 bits per heavy atom. The average molecular weight is 571 g/mol. The van der Waals surface area contributed by atoms with Crippen LogP contribution in [0.3, 0.4) is 0 Å². The molecule has 3 heterocycles. The van der Waals surface area contributed by atoms with Crippen molar-refractivity contribution in [1.82, 2.24) is 0 Å². The molecule has 0 unspecified atom stereocenters. The average Bonchev–Trinajstić information content (AvgIpc) is 3.62. The molecule has 8 heteroatoms. The van der Waals surface area contributed by atoms with Gasteiger partial charge < -0.3 is 4.74 Å². The van der Waals surface area contributed by atoms with Crippen LogP contribution in [0.4, 0.5) is 13.2 Å². The summed E-state index contributed by atoms with van der Waals surface area (Å²) >= 11 is 4.65. The summed E-state index contributed by atoms with van der Waals surface area (Å²) in [4.78, 5) is 18.4. The number of carbonyl (C=O) groups is 1. The van der Waals surface area contributed by atoms with Gasteiger partial charge in [0.1, 0.15) is 4.88 Å². The van der Waals surface area contributed by atoms with Gasteiger partial charge in [0.2, 0.25) is 0 Å². The van der Waals surface area contributed by atoms with E-state index in [0.717, 1.165) is 33.9 Å². The lowest BCUT2D eigenvalue weighted by atomic mass is 10.1.